The molecule has 0 aliphatic carbocycles. The zero-order valence-corrected chi connectivity index (χ0v) is 15.3. The zero-order chi connectivity index (χ0) is 16.9. The Hall–Kier alpha value is -0.780. The summed E-state index contributed by atoms with van der Waals surface area (Å²) in [4.78, 5) is 0. The molecule has 3 nitrogen and oxygen atoms in total. The summed E-state index contributed by atoms with van der Waals surface area (Å²) in [5.41, 5.74) is 1.72. The van der Waals surface area contributed by atoms with Gasteiger partial charge in [0, 0.05) is 11.6 Å². The third-order valence-electron chi connectivity index (χ3n) is 3.22. The van der Waals surface area contributed by atoms with Crippen molar-refractivity contribution in [3.05, 3.63) is 68.7 Å². The molecule has 0 atom stereocenters. The summed E-state index contributed by atoms with van der Waals surface area (Å²) in [6.07, 6.45) is 1.49. The molecule has 2 aromatic rings. The molecule has 0 amide bonds. The number of aryl methyl sites for hydroxylation is 1. The van der Waals surface area contributed by atoms with Gasteiger partial charge in [-0.3, -0.25) is 0 Å². The Morgan fingerprint density at radius 2 is 1.52 bits per heavy atom. The molecule has 0 aliphatic heterocycles. The molecular formula is C16H16Cl3NO2S. The molecule has 0 saturated heterocycles. The molecule has 2 aromatic carbocycles. The van der Waals surface area contributed by atoms with Gasteiger partial charge in [0.25, 0.3) is 0 Å². The van der Waals surface area contributed by atoms with Gasteiger partial charge in [0.05, 0.1) is 15.8 Å². The van der Waals surface area contributed by atoms with Crippen molar-refractivity contribution >= 4 is 44.8 Å². The summed E-state index contributed by atoms with van der Waals surface area (Å²) < 4.78 is 26.7. The SMILES string of the molecule is O=S(=O)(Cc1ccc(Cl)c(Cl)c1)NCCCc1ccc(Cl)cc1. The van der Waals surface area contributed by atoms with Gasteiger partial charge in [0.15, 0.2) is 0 Å². The monoisotopic (exact) mass is 391 g/mol. The van der Waals surface area contributed by atoms with E-state index in [1.165, 1.54) is 0 Å². The van der Waals surface area contributed by atoms with Gasteiger partial charge in [-0.05, 0) is 48.2 Å². The molecule has 2 rings (SSSR count). The van der Waals surface area contributed by atoms with E-state index in [1.807, 2.05) is 24.3 Å². The van der Waals surface area contributed by atoms with Crippen LogP contribution in [0.5, 0.6) is 0 Å². The Morgan fingerprint density at radius 1 is 0.870 bits per heavy atom. The molecule has 0 spiro atoms. The number of nitrogens with one attached hydrogen (secondary N) is 1. The Kier molecular flexibility index (Phi) is 6.74. The average Bonchev–Trinajstić information content (AvgIpc) is 2.49. The number of hydrogen-bond acceptors (Lipinski definition) is 2. The molecule has 0 aromatic heterocycles. The molecule has 23 heavy (non-hydrogen) atoms. The van der Waals surface area contributed by atoms with Crippen LogP contribution < -0.4 is 4.72 Å². The summed E-state index contributed by atoms with van der Waals surface area (Å²) >= 11 is 17.5. The molecular weight excluding hydrogens is 377 g/mol. The van der Waals surface area contributed by atoms with Crippen LogP contribution in [0, 0.1) is 0 Å². The highest BCUT2D eigenvalue weighted by molar-refractivity contribution is 7.88. The maximum Gasteiger partial charge on any atom is 0.215 e. The predicted octanol–water partition coefficient (Wildman–Crippen LogP) is 4.70. The maximum atomic E-state index is 12.0. The van der Waals surface area contributed by atoms with Gasteiger partial charge >= 0.3 is 0 Å². The van der Waals surface area contributed by atoms with Crippen LogP contribution in [0.1, 0.15) is 17.5 Å². The molecule has 7 heteroatoms. The quantitative estimate of drug-likeness (QED) is 0.694. The highest BCUT2D eigenvalue weighted by atomic mass is 35.5. The molecule has 0 unspecified atom stereocenters. The normalized spacial score (nSPS) is 11.6. The fourth-order valence-corrected chi connectivity index (χ4v) is 3.69. The Labute approximate surface area is 151 Å². The van der Waals surface area contributed by atoms with Crippen molar-refractivity contribution in [1.29, 1.82) is 0 Å². The minimum Gasteiger partial charge on any atom is -0.215 e. The van der Waals surface area contributed by atoms with Gasteiger partial charge in [0.2, 0.25) is 10.0 Å². The van der Waals surface area contributed by atoms with Crippen molar-refractivity contribution in [2.24, 2.45) is 0 Å². The highest BCUT2D eigenvalue weighted by Gasteiger charge is 2.12. The highest BCUT2D eigenvalue weighted by Crippen LogP contribution is 2.23. The Morgan fingerprint density at radius 3 is 2.17 bits per heavy atom. The second-order valence-corrected chi connectivity index (χ2v) is 8.19. The van der Waals surface area contributed by atoms with Crippen LogP contribution in [0.15, 0.2) is 42.5 Å². The maximum absolute atomic E-state index is 12.0. The first-order valence-corrected chi connectivity index (χ1v) is 9.80. The number of benzene rings is 2. The van der Waals surface area contributed by atoms with Crippen LogP contribution in [-0.2, 0) is 22.2 Å². The van der Waals surface area contributed by atoms with Crippen LogP contribution in [0.3, 0.4) is 0 Å². The number of halogens is 3. The zero-order valence-electron chi connectivity index (χ0n) is 12.2. The van der Waals surface area contributed by atoms with Crippen LogP contribution >= 0.6 is 34.8 Å². The molecule has 1 N–H and O–H groups in total. The minimum absolute atomic E-state index is 0.120. The van der Waals surface area contributed by atoms with Crippen molar-refractivity contribution in [3.63, 3.8) is 0 Å². The summed E-state index contributed by atoms with van der Waals surface area (Å²) in [6.45, 7) is 0.381. The van der Waals surface area contributed by atoms with E-state index in [1.54, 1.807) is 18.2 Å². The molecule has 0 heterocycles. The van der Waals surface area contributed by atoms with Gasteiger partial charge in [-0.1, -0.05) is 53.0 Å². The standard InChI is InChI=1S/C16H16Cl3NO2S/c17-14-6-3-12(4-7-14)2-1-9-20-23(21,22)11-13-5-8-15(18)16(19)10-13/h3-8,10,20H,1-2,9,11H2. The van der Waals surface area contributed by atoms with Gasteiger partial charge in [-0.25, -0.2) is 13.1 Å². The van der Waals surface area contributed by atoms with Gasteiger partial charge in [-0.2, -0.15) is 0 Å². The van der Waals surface area contributed by atoms with E-state index < -0.39 is 10.0 Å². The molecule has 0 fully saturated rings. The third kappa shape index (κ3) is 6.32. The lowest BCUT2D eigenvalue weighted by Crippen LogP contribution is -2.26. The van der Waals surface area contributed by atoms with Crippen molar-refractivity contribution in [2.45, 2.75) is 18.6 Å². The first-order valence-electron chi connectivity index (χ1n) is 7.01. The number of sulfonamides is 1. The Bertz CT molecular complexity index is 761. The first-order chi connectivity index (χ1) is 10.9. The fraction of sp³-hybridized carbons (Fsp3) is 0.250. The van der Waals surface area contributed by atoms with Crippen molar-refractivity contribution < 1.29 is 8.42 Å². The van der Waals surface area contributed by atoms with E-state index in [9.17, 15) is 8.42 Å². The van der Waals surface area contributed by atoms with Crippen LogP contribution in [0.25, 0.3) is 0 Å². The predicted molar refractivity (Wildman–Crippen MR) is 96.9 cm³/mol. The third-order valence-corrected chi connectivity index (χ3v) is 5.57. The van der Waals surface area contributed by atoms with Crippen LogP contribution in [-0.4, -0.2) is 15.0 Å². The van der Waals surface area contributed by atoms with E-state index >= 15 is 0 Å². The molecule has 0 bridgehead atoms. The van der Waals surface area contributed by atoms with Crippen molar-refractivity contribution in [1.82, 2.24) is 4.72 Å². The lowest BCUT2D eigenvalue weighted by Gasteiger charge is -2.08. The first kappa shape index (κ1) is 18.6. The van der Waals surface area contributed by atoms with Gasteiger partial charge in [0.1, 0.15) is 0 Å². The van der Waals surface area contributed by atoms with Crippen LogP contribution in [0.2, 0.25) is 15.1 Å². The average molecular weight is 393 g/mol. The Balaban J connectivity index is 1.81. The summed E-state index contributed by atoms with van der Waals surface area (Å²) in [5.74, 6) is -0.120. The fourth-order valence-electron chi connectivity index (χ4n) is 2.07. The lowest BCUT2D eigenvalue weighted by atomic mass is 10.1. The topological polar surface area (TPSA) is 46.2 Å². The summed E-state index contributed by atoms with van der Waals surface area (Å²) in [6, 6.07) is 12.3. The summed E-state index contributed by atoms with van der Waals surface area (Å²) in [7, 11) is -3.40. The number of hydrogen-bond donors (Lipinski definition) is 1. The largest absolute Gasteiger partial charge is 0.215 e. The molecule has 0 saturated carbocycles. The van der Waals surface area contributed by atoms with E-state index in [0.717, 1.165) is 12.0 Å². The molecule has 124 valence electrons. The molecule has 0 radical (unpaired) electrons. The lowest BCUT2D eigenvalue weighted by molar-refractivity contribution is 0.578. The second kappa shape index (κ2) is 8.36. The van der Waals surface area contributed by atoms with Gasteiger partial charge < -0.3 is 0 Å². The van der Waals surface area contributed by atoms with Gasteiger partial charge in [-0.15, -0.1) is 0 Å². The van der Waals surface area contributed by atoms with E-state index in [4.69, 9.17) is 34.8 Å². The number of rotatable bonds is 7. The minimum atomic E-state index is -3.40. The van der Waals surface area contributed by atoms with E-state index in [-0.39, 0.29) is 5.75 Å². The van der Waals surface area contributed by atoms with Crippen molar-refractivity contribution in [2.75, 3.05) is 6.54 Å². The van der Waals surface area contributed by atoms with E-state index in [0.29, 0.717) is 33.6 Å². The van der Waals surface area contributed by atoms with Crippen LogP contribution in [0.4, 0.5) is 0 Å². The molecule has 0 aliphatic rings. The van der Waals surface area contributed by atoms with Crippen molar-refractivity contribution in [3.8, 4) is 0 Å². The van der Waals surface area contributed by atoms with E-state index in [2.05, 4.69) is 4.72 Å². The smallest absolute Gasteiger partial charge is 0.215 e. The summed E-state index contributed by atoms with van der Waals surface area (Å²) in [5, 5.41) is 1.45. The second-order valence-electron chi connectivity index (χ2n) is 5.13.